The summed E-state index contributed by atoms with van der Waals surface area (Å²) in [7, 11) is -15.1. The molecule has 6 N–H and O–H groups in total. The van der Waals surface area contributed by atoms with Crippen LogP contribution in [0.25, 0.3) is 32.3 Å². The van der Waals surface area contributed by atoms with Gasteiger partial charge in [-0.2, -0.15) is 15.3 Å². The highest BCUT2D eigenvalue weighted by atomic mass is 32.2. The van der Waals surface area contributed by atoms with Crippen LogP contribution in [0.2, 0.25) is 0 Å². The molecular weight excluding hydrogens is 817 g/mol. The van der Waals surface area contributed by atoms with Crippen molar-refractivity contribution in [3.63, 3.8) is 0 Å². The third kappa shape index (κ3) is 7.86. The Morgan fingerprint density at radius 2 is 0.948 bits per heavy atom. The molecule has 58 heavy (non-hydrogen) atoms. The third-order valence-electron chi connectivity index (χ3n) is 8.59. The summed E-state index contributed by atoms with van der Waals surface area (Å²) in [5.74, 6) is -1.48. The second-order valence-corrected chi connectivity index (χ2v) is 16.5. The lowest BCUT2D eigenvalue weighted by Gasteiger charge is -2.14. The summed E-state index contributed by atoms with van der Waals surface area (Å²) >= 11 is 0. The summed E-state index contributed by atoms with van der Waals surface area (Å²) in [5, 5.41) is 46.9. The number of hydrogen-bond acceptors (Lipinski definition) is 19. The molecule has 0 bridgehead atoms. The van der Waals surface area contributed by atoms with Gasteiger partial charge in [0, 0.05) is 32.9 Å². The van der Waals surface area contributed by atoms with Crippen LogP contribution in [-0.2, 0) is 30.4 Å². The van der Waals surface area contributed by atoms with Crippen LogP contribution in [0.3, 0.4) is 0 Å². The van der Waals surface area contributed by atoms with Crippen molar-refractivity contribution in [2.75, 3.05) is 11.5 Å². The van der Waals surface area contributed by atoms with E-state index in [9.17, 15) is 49.1 Å². The first-order valence-electron chi connectivity index (χ1n) is 16.2. The highest BCUT2D eigenvalue weighted by molar-refractivity contribution is 7.86. The van der Waals surface area contributed by atoms with Gasteiger partial charge in [0.2, 0.25) is 0 Å². The molecule has 0 saturated carbocycles. The van der Waals surface area contributed by atoms with Crippen LogP contribution in [0, 0.1) is 0 Å². The minimum atomic E-state index is -5.23. The molecule has 7 rings (SSSR count). The first kappa shape index (κ1) is 39.3. The summed E-state index contributed by atoms with van der Waals surface area (Å²) in [4.78, 5) is -2.23. The smallest absolute Gasteiger partial charge is 0.152 e. The molecule has 19 nitrogen and oxygen atoms in total. The van der Waals surface area contributed by atoms with Crippen molar-refractivity contribution in [3.05, 3.63) is 103 Å². The van der Waals surface area contributed by atoms with E-state index in [0.29, 0.717) is 16.8 Å². The maximum absolute atomic E-state index is 12.3. The van der Waals surface area contributed by atoms with Gasteiger partial charge in [0.15, 0.2) is 11.5 Å². The predicted octanol–water partition coefficient (Wildman–Crippen LogP) is 7.68. The summed E-state index contributed by atoms with van der Waals surface area (Å²) < 4.78 is 107. The van der Waals surface area contributed by atoms with E-state index in [1.807, 2.05) is 0 Å². The van der Waals surface area contributed by atoms with Gasteiger partial charge in [0.25, 0.3) is 0 Å². The fourth-order valence-electron chi connectivity index (χ4n) is 5.81. The van der Waals surface area contributed by atoms with Crippen LogP contribution < -0.4 is 11.5 Å². The molecule has 0 aliphatic rings. The number of nitrogens with zero attached hydrogens (tertiary/aromatic N) is 6. The molecule has 7 aromatic rings. The highest BCUT2D eigenvalue weighted by Gasteiger charge is 2.20. The number of aromatic hydroxyl groups is 2. The van der Waals surface area contributed by atoms with E-state index in [2.05, 4.69) is 30.7 Å². The monoisotopic (exact) mass is 839 g/mol. The first-order chi connectivity index (χ1) is 27.3. The number of azo groups is 3. The molecule has 0 unspecified atom stereocenters. The molecule has 0 amide bonds. The van der Waals surface area contributed by atoms with Crippen LogP contribution >= 0.6 is 0 Å². The number of hydrogen-bond donors (Lipinski definition) is 4. The number of fused-ring (bicyclic) bond motifs is 3. The van der Waals surface area contributed by atoms with Gasteiger partial charge in [-0.05, 0) is 95.7 Å². The van der Waals surface area contributed by atoms with Gasteiger partial charge in [-0.1, -0.05) is 18.2 Å². The Kier molecular flexibility index (Phi) is 9.84. The van der Waals surface area contributed by atoms with Gasteiger partial charge in [-0.25, -0.2) is 25.3 Å². The number of nitrogens with two attached hydrogens (primary N) is 2. The van der Waals surface area contributed by atoms with Crippen molar-refractivity contribution in [3.8, 4) is 11.5 Å². The van der Waals surface area contributed by atoms with Crippen molar-refractivity contribution in [2.24, 2.45) is 30.7 Å². The van der Waals surface area contributed by atoms with Crippen LogP contribution in [0.15, 0.2) is 149 Å². The Balaban J connectivity index is 1.20. The predicted molar refractivity (Wildman–Crippen MR) is 207 cm³/mol. The average Bonchev–Trinajstić information content (AvgIpc) is 3.16. The SMILES string of the molecule is Nc1ccc2cc(S(=O)(=O)[O-])c(N=Nc3ccc4cc(S(=O)(=O)[O-])c(N=Nc5ccc(N=Nc6ccc(N)c7cc(S(=O)(=O)[O-])ccc67)cc5)c(O)c4c3)c(O)c2c1. The average molecular weight is 840 g/mol. The van der Waals surface area contributed by atoms with Crippen molar-refractivity contribution < 1.29 is 49.1 Å². The van der Waals surface area contributed by atoms with Gasteiger partial charge in [-0.3, -0.25) is 0 Å². The highest BCUT2D eigenvalue weighted by Crippen LogP contribution is 2.45. The molecule has 0 spiro atoms. The number of rotatable bonds is 9. The minimum absolute atomic E-state index is 0.0520. The third-order valence-corrected chi connectivity index (χ3v) is 11.1. The fraction of sp³-hybridized carbons (Fsp3) is 0. The van der Waals surface area contributed by atoms with E-state index in [4.69, 9.17) is 11.5 Å². The van der Waals surface area contributed by atoms with Crippen LogP contribution in [0.1, 0.15) is 0 Å². The van der Waals surface area contributed by atoms with Crippen LogP contribution in [0.4, 0.5) is 45.5 Å². The van der Waals surface area contributed by atoms with Gasteiger partial charge < -0.3 is 35.3 Å². The Hall–Kier alpha value is -6.95. The van der Waals surface area contributed by atoms with Crippen molar-refractivity contribution in [2.45, 2.75) is 14.7 Å². The molecule has 0 saturated heterocycles. The van der Waals surface area contributed by atoms with E-state index in [-0.39, 0.29) is 49.7 Å². The molecule has 7 aromatic carbocycles. The number of phenolic OH excluding ortho intramolecular Hbond substituents is 2. The maximum atomic E-state index is 12.3. The van der Waals surface area contributed by atoms with E-state index >= 15 is 0 Å². The molecule has 0 aromatic heterocycles. The van der Waals surface area contributed by atoms with Crippen molar-refractivity contribution in [1.29, 1.82) is 0 Å². The van der Waals surface area contributed by atoms with Crippen LogP contribution in [0.5, 0.6) is 11.5 Å². The molecule has 0 aliphatic heterocycles. The second-order valence-electron chi connectivity index (χ2n) is 12.4. The first-order valence-corrected chi connectivity index (χ1v) is 20.4. The quantitative estimate of drug-likeness (QED) is 0.0616. The summed E-state index contributed by atoms with van der Waals surface area (Å²) in [6.45, 7) is 0. The molecule has 22 heteroatoms. The zero-order valence-electron chi connectivity index (χ0n) is 28.9. The molecule has 0 aliphatic carbocycles. The van der Waals surface area contributed by atoms with E-state index in [1.165, 1.54) is 72.8 Å². The maximum Gasteiger partial charge on any atom is 0.152 e. The standard InChI is InChI=1S/C36H26N8O11S3/c37-20-3-1-18-13-31(57(50,51)52)33(35(45)26(18)15-20)44-41-23-4-2-19-14-32(58(53,54)55)34(36(46)27(19)16-23)43-40-22-7-5-21(6-8-22)39-42-30-12-11-29(38)28-17-24(56(47,48)49)9-10-25(28)30/h1-17,45-46H,37-38H2,(H,47,48,49)(H,50,51,52)(H,53,54,55)/p-3. The number of nitrogen functional groups attached to an aromatic ring is 2. The molecule has 294 valence electrons. The van der Waals surface area contributed by atoms with Gasteiger partial charge in [0.05, 0.1) is 37.4 Å². The van der Waals surface area contributed by atoms with E-state index in [1.54, 1.807) is 6.07 Å². The zero-order valence-corrected chi connectivity index (χ0v) is 31.4. The minimum Gasteiger partial charge on any atom is -0.744 e. The lowest BCUT2D eigenvalue weighted by molar-refractivity contribution is 0.457. The van der Waals surface area contributed by atoms with Gasteiger partial charge in [0.1, 0.15) is 41.7 Å². The van der Waals surface area contributed by atoms with Gasteiger partial charge in [-0.15, -0.1) is 15.3 Å². The van der Waals surface area contributed by atoms with E-state index < -0.39 is 67.9 Å². The van der Waals surface area contributed by atoms with Gasteiger partial charge >= 0.3 is 0 Å². The Morgan fingerprint density at radius 1 is 0.448 bits per heavy atom. The molecule has 0 atom stereocenters. The topological polar surface area (TPSA) is 338 Å². The largest absolute Gasteiger partial charge is 0.744 e. The van der Waals surface area contributed by atoms with Crippen molar-refractivity contribution in [1.82, 2.24) is 0 Å². The Bertz CT molecular complexity index is 3300. The summed E-state index contributed by atoms with van der Waals surface area (Å²) in [5.41, 5.74) is 11.5. The Morgan fingerprint density at radius 3 is 1.50 bits per heavy atom. The van der Waals surface area contributed by atoms with Crippen molar-refractivity contribution >= 4 is 108 Å². The van der Waals surface area contributed by atoms with Crippen LogP contribution in [-0.4, -0.2) is 49.1 Å². The fourth-order valence-corrected chi connectivity index (χ4v) is 7.60. The van der Waals surface area contributed by atoms with E-state index in [0.717, 1.165) is 24.3 Å². The molecular formula is C36H23N8O11S3-3. The Labute approximate surface area is 327 Å². The lowest BCUT2D eigenvalue weighted by Crippen LogP contribution is -2.00. The number of phenols is 2. The lowest BCUT2D eigenvalue weighted by atomic mass is 10.1. The zero-order chi connectivity index (χ0) is 41.7. The summed E-state index contributed by atoms with van der Waals surface area (Å²) in [6.07, 6.45) is 0. The molecule has 0 fully saturated rings. The molecule has 0 heterocycles. The number of anilines is 2. The molecule has 0 radical (unpaired) electrons. The summed E-state index contributed by atoms with van der Waals surface area (Å²) in [6, 6.07) is 22.3. The number of benzene rings is 7. The second kappa shape index (κ2) is 14.5. The normalized spacial score (nSPS) is 12.9.